The topological polar surface area (TPSA) is 47.6 Å². The first-order valence-electron chi connectivity index (χ1n) is 4.82. The Bertz CT molecular complexity index is 432. The number of rotatable bonds is 3. The molecule has 1 aromatic carbocycles. The van der Waals surface area contributed by atoms with Crippen molar-refractivity contribution in [3.05, 3.63) is 34.9 Å². The van der Waals surface area contributed by atoms with Gasteiger partial charge in [0.05, 0.1) is 5.71 Å². The molecule has 1 aromatic rings. The number of halogens is 1. The summed E-state index contributed by atoms with van der Waals surface area (Å²) >= 11 is 5.81. The first kappa shape index (κ1) is 12.6. The summed E-state index contributed by atoms with van der Waals surface area (Å²) in [5.74, 6) is 5.75. The molecule has 84 valence electrons. The maximum absolute atomic E-state index is 5.81. The molecule has 0 unspecified atom stereocenters. The second kappa shape index (κ2) is 6.89. The second-order valence-electron chi connectivity index (χ2n) is 3.12. The third-order valence-electron chi connectivity index (χ3n) is 1.71. The summed E-state index contributed by atoms with van der Waals surface area (Å²) in [6.45, 7) is 2.43. The number of nitrogens with two attached hydrogens (primary N) is 1. The average Bonchev–Trinajstić information content (AvgIpc) is 2.28. The van der Waals surface area contributed by atoms with Crippen LogP contribution in [0.25, 0.3) is 0 Å². The molecule has 0 aliphatic carbocycles. The van der Waals surface area contributed by atoms with Gasteiger partial charge in [0.25, 0.3) is 0 Å². The highest BCUT2D eigenvalue weighted by Crippen LogP contribution is 2.09. The molecule has 0 aromatic heterocycles. The van der Waals surface area contributed by atoms with E-state index in [0.29, 0.717) is 11.6 Å². The molecule has 0 aliphatic heterocycles. The Morgan fingerprint density at radius 2 is 2.38 bits per heavy atom. The molecule has 0 saturated heterocycles. The third kappa shape index (κ3) is 4.83. The molecule has 1 rings (SSSR count). The van der Waals surface area contributed by atoms with Crippen LogP contribution in [-0.2, 0) is 4.84 Å². The van der Waals surface area contributed by atoms with Gasteiger partial charge in [-0.25, -0.2) is 0 Å². The maximum Gasteiger partial charge on any atom is 0.177 e. The predicted octanol–water partition coefficient (Wildman–Crippen LogP) is 2.04. The smallest absolute Gasteiger partial charge is 0.177 e. The Labute approximate surface area is 100 Å². The summed E-state index contributed by atoms with van der Waals surface area (Å²) in [6.07, 6.45) is 0. The quantitative estimate of drug-likeness (QED) is 0.378. The number of oxime groups is 1. The molecule has 0 atom stereocenters. The van der Waals surface area contributed by atoms with Crippen molar-refractivity contribution in [2.24, 2.45) is 10.9 Å². The first-order valence-corrected chi connectivity index (χ1v) is 5.20. The second-order valence-corrected chi connectivity index (χ2v) is 3.55. The SMILES string of the molecule is CC(CN)=NOCC#Cc1cccc(Cl)c1. The molecule has 0 bridgehead atoms. The number of nitrogens with zero attached hydrogens (tertiary/aromatic N) is 1. The van der Waals surface area contributed by atoms with Crippen molar-refractivity contribution in [2.45, 2.75) is 6.92 Å². The van der Waals surface area contributed by atoms with E-state index in [9.17, 15) is 0 Å². The van der Waals surface area contributed by atoms with Crippen molar-refractivity contribution >= 4 is 17.3 Å². The highest BCUT2D eigenvalue weighted by molar-refractivity contribution is 6.30. The van der Waals surface area contributed by atoms with Crippen LogP contribution in [0.5, 0.6) is 0 Å². The Hall–Kier alpha value is -1.50. The summed E-state index contributed by atoms with van der Waals surface area (Å²) in [4.78, 5) is 4.94. The van der Waals surface area contributed by atoms with E-state index in [-0.39, 0.29) is 6.61 Å². The fourth-order valence-corrected chi connectivity index (χ4v) is 1.11. The lowest BCUT2D eigenvalue weighted by Crippen LogP contribution is -2.09. The van der Waals surface area contributed by atoms with E-state index in [2.05, 4.69) is 17.0 Å². The van der Waals surface area contributed by atoms with Crippen molar-refractivity contribution in [3.63, 3.8) is 0 Å². The zero-order chi connectivity index (χ0) is 11.8. The lowest BCUT2D eigenvalue weighted by Gasteiger charge is -1.94. The van der Waals surface area contributed by atoms with Crippen molar-refractivity contribution in [1.29, 1.82) is 0 Å². The molecular weight excluding hydrogens is 224 g/mol. The Morgan fingerprint density at radius 1 is 1.56 bits per heavy atom. The number of hydrogen-bond acceptors (Lipinski definition) is 3. The molecule has 16 heavy (non-hydrogen) atoms. The average molecular weight is 237 g/mol. The standard InChI is InChI=1S/C12H13ClN2O/c1-10(9-14)15-16-7-3-5-11-4-2-6-12(13)8-11/h2,4,6,8H,7,9,14H2,1H3. The molecule has 0 aliphatic rings. The minimum absolute atomic E-state index is 0.240. The van der Waals surface area contributed by atoms with Crippen LogP contribution in [0.3, 0.4) is 0 Å². The van der Waals surface area contributed by atoms with Gasteiger partial charge in [0.15, 0.2) is 6.61 Å². The molecular formula is C12H13ClN2O. The Morgan fingerprint density at radius 3 is 3.06 bits per heavy atom. The van der Waals surface area contributed by atoms with Crippen LogP contribution in [0.1, 0.15) is 12.5 Å². The summed E-state index contributed by atoms with van der Waals surface area (Å²) in [6, 6.07) is 7.33. The zero-order valence-corrected chi connectivity index (χ0v) is 9.79. The monoisotopic (exact) mass is 236 g/mol. The van der Waals surface area contributed by atoms with Crippen LogP contribution < -0.4 is 5.73 Å². The van der Waals surface area contributed by atoms with Crippen LogP contribution in [0, 0.1) is 11.8 Å². The van der Waals surface area contributed by atoms with Gasteiger partial charge in [-0.3, -0.25) is 0 Å². The molecule has 0 fully saturated rings. The van der Waals surface area contributed by atoms with E-state index >= 15 is 0 Å². The number of hydrogen-bond donors (Lipinski definition) is 1. The van der Waals surface area contributed by atoms with E-state index in [1.807, 2.05) is 12.1 Å². The molecule has 2 N–H and O–H groups in total. The minimum Gasteiger partial charge on any atom is -0.383 e. The van der Waals surface area contributed by atoms with Gasteiger partial charge in [0, 0.05) is 17.1 Å². The molecule has 4 heteroatoms. The highest BCUT2D eigenvalue weighted by atomic mass is 35.5. The van der Waals surface area contributed by atoms with Crippen molar-refractivity contribution in [2.75, 3.05) is 13.2 Å². The van der Waals surface area contributed by atoms with Gasteiger partial charge < -0.3 is 10.6 Å². The van der Waals surface area contributed by atoms with Gasteiger partial charge >= 0.3 is 0 Å². The Kier molecular flexibility index (Phi) is 5.41. The van der Waals surface area contributed by atoms with E-state index in [0.717, 1.165) is 11.3 Å². The molecule has 0 spiro atoms. The van der Waals surface area contributed by atoms with Gasteiger partial charge in [-0.15, -0.1) is 0 Å². The van der Waals surface area contributed by atoms with Crippen LogP contribution in [-0.4, -0.2) is 18.9 Å². The molecule has 0 saturated carbocycles. The van der Waals surface area contributed by atoms with E-state index in [1.54, 1.807) is 19.1 Å². The third-order valence-corrected chi connectivity index (χ3v) is 1.94. The molecule has 3 nitrogen and oxygen atoms in total. The predicted molar refractivity (Wildman–Crippen MR) is 66.4 cm³/mol. The van der Waals surface area contributed by atoms with Gasteiger partial charge in [0.2, 0.25) is 0 Å². The van der Waals surface area contributed by atoms with Crippen LogP contribution >= 0.6 is 11.6 Å². The van der Waals surface area contributed by atoms with Crippen molar-refractivity contribution < 1.29 is 4.84 Å². The van der Waals surface area contributed by atoms with Crippen molar-refractivity contribution in [3.8, 4) is 11.8 Å². The van der Waals surface area contributed by atoms with Gasteiger partial charge in [-0.2, -0.15) is 0 Å². The van der Waals surface area contributed by atoms with Crippen LogP contribution in [0.15, 0.2) is 29.4 Å². The Balaban J connectivity index is 2.44. The molecule has 0 radical (unpaired) electrons. The van der Waals surface area contributed by atoms with Crippen molar-refractivity contribution in [1.82, 2.24) is 0 Å². The summed E-state index contributed by atoms with van der Waals surface area (Å²) in [5.41, 5.74) is 6.93. The van der Waals surface area contributed by atoms with E-state index in [1.165, 1.54) is 0 Å². The largest absolute Gasteiger partial charge is 0.383 e. The highest BCUT2D eigenvalue weighted by Gasteiger charge is 1.88. The first-order chi connectivity index (χ1) is 7.72. The van der Waals surface area contributed by atoms with E-state index in [4.69, 9.17) is 22.2 Å². The lowest BCUT2D eigenvalue weighted by molar-refractivity contribution is 0.179. The van der Waals surface area contributed by atoms with Gasteiger partial charge in [0.1, 0.15) is 0 Å². The van der Waals surface area contributed by atoms with E-state index < -0.39 is 0 Å². The summed E-state index contributed by atoms with van der Waals surface area (Å²) in [7, 11) is 0. The normalized spacial score (nSPS) is 10.6. The zero-order valence-electron chi connectivity index (χ0n) is 9.03. The maximum atomic E-state index is 5.81. The molecule has 0 heterocycles. The van der Waals surface area contributed by atoms with Gasteiger partial charge in [-0.1, -0.05) is 34.7 Å². The van der Waals surface area contributed by atoms with Gasteiger partial charge in [-0.05, 0) is 25.1 Å². The summed E-state index contributed by atoms with van der Waals surface area (Å²) < 4.78 is 0. The van der Waals surface area contributed by atoms with Crippen LogP contribution in [0.4, 0.5) is 0 Å². The summed E-state index contributed by atoms with van der Waals surface area (Å²) in [5, 5.41) is 4.43. The minimum atomic E-state index is 0.240. The fourth-order valence-electron chi connectivity index (χ4n) is 0.916. The molecule has 0 amide bonds. The number of benzene rings is 1. The fraction of sp³-hybridized carbons (Fsp3) is 0.250. The lowest BCUT2D eigenvalue weighted by atomic mass is 10.2. The van der Waals surface area contributed by atoms with Crippen LogP contribution in [0.2, 0.25) is 5.02 Å².